The zero-order chi connectivity index (χ0) is 43.3. The van der Waals surface area contributed by atoms with E-state index in [0.717, 1.165) is 70.6 Å². The van der Waals surface area contributed by atoms with Gasteiger partial charge in [-0.15, -0.1) is 0 Å². The Kier molecular flexibility index (Phi) is 42.1. The fourth-order valence-electron chi connectivity index (χ4n) is 6.24. The third-order valence-corrected chi connectivity index (χ3v) is 10.8. The number of unbranched alkanes of at least 4 members (excludes halogenated alkanes) is 19. The van der Waals surface area contributed by atoms with Crippen molar-refractivity contribution < 1.29 is 37.6 Å². The second-order valence-corrected chi connectivity index (χ2v) is 17.4. The number of allylic oxidation sites excluding steroid dienone is 10. The van der Waals surface area contributed by atoms with Crippen molar-refractivity contribution >= 4 is 19.8 Å². The Morgan fingerprint density at radius 2 is 0.966 bits per heavy atom. The lowest BCUT2D eigenvalue weighted by molar-refractivity contribution is -0.161. The molecule has 0 aromatic rings. The molecule has 0 saturated heterocycles. The van der Waals surface area contributed by atoms with E-state index in [1.807, 2.05) is 19.0 Å². The summed E-state index contributed by atoms with van der Waals surface area (Å²) in [5, 5.41) is 0. The lowest BCUT2D eigenvalue weighted by atomic mass is 10.0. The Hall–Kier alpha value is -2.29. The van der Waals surface area contributed by atoms with E-state index in [1.54, 1.807) is 0 Å². The average molecular weight is 850 g/mol. The van der Waals surface area contributed by atoms with Gasteiger partial charge in [0.1, 0.15) is 6.61 Å². The highest BCUT2D eigenvalue weighted by Gasteiger charge is 2.26. The fourth-order valence-corrected chi connectivity index (χ4v) is 6.99. The number of esters is 2. The lowest BCUT2D eigenvalue weighted by Gasteiger charge is -2.20. The van der Waals surface area contributed by atoms with E-state index >= 15 is 0 Å². The summed E-state index contributed by atoms with van der Waals surface area (Å²) in [7, 11) is -0.733. The van der Waals surface area contributed by atoms with Gasteiger partial charge in [0.05, 0.1) is 13.2 Å². The molecule has 2 atom stereocenters. The SMILES string of the molecule is CC/C=C\C/C=C\C/C=C\C/C=C\C/C=C\CCCCCC(=O)OC(COC(=O)CCCCCCCCCCCCCCCCCCC)COP(=O)(O)OCCN(C)C. The number of rotatable bonds is 43. The van der Waals surface area contributed by atoms with Crippen molar-refractivity contribution in [3.8, 4) is 0 Å². The molecule has 342 valence electrons. The molecule has 0 saturated carbocycles. The monoisotopic (exact) mass is 850 g/mol. The summed E-state index contributed by atoms with van der Waals surface area (Å²) in [6.45, 7) is 4.18. The van der Waals surface area contributed by atoms with Crippen LogP contribution in [0.25, 0.3) is 0 Å². The Labute approximate surface area is 362 Å². The van der Waals surface area contributed by atoms with Crippen molar-refractivity contribution in [3.05, 3.63) is 60.8 Å². The Morgan fingerprint density at radius 1 is 0.542 bits per heavy atom. The Bertz CT molecular complexity index is 1160. The first-order valence-corrected chi connectivity index (χ1v) is 25.1. The minimum atomic E-state index is -4.38. The van der Waals surface area contributed by atoms with Crippen LogP contribution in [-0.4, -0.2) is 68.3 Å². The number of phosphoric acid groups is 1. The number of nitrogens with zero attached hydrogens (tertiary/aromatic N) is 1. The minimum absolute atomic E-state index is 0.000796. The molecule has 0 aliphatic rings. The van der Waals surface area contributed by atoms with Gasteiger partial charge >= 0.3 is 19.8 Å². The third kappa shape index (κ3) is 45.1. The molecule has 0 aliphatic heterocycles. The van der Waals surface area contributed by atoms with Gasteiger partial charge in [-0.3, -0.25) is 18.6 Å². The van der Waals surface area contributed by atoms with Crippen molar-refractivity contribution in [2.75, 3.05) is 40.5 Å². The van der Waals surface area contributed by atoms with Gasteiger partial charge in [0.25, 0.3) is 0 Å². The van der Waals surface area contributed by atoms with Gasteiger partial charge in [-0.2, -0.15) is 0 Å². The number of carbonyl (C=O) groups excluding carboxylic acids is 2. The summed E-state index contributed by atoms with van der Waals surface area (Å²) in [6.07, 6.45) is 51.2. The quantitative estimate of drug-likeness (QED) is 0.0277. The molecule has 0 aromatic heterocycles. The molecule has 0 bridgehead atoms. The minimum Gasteiger partial charge on any atom is -0.462 e. The summed E-state index contributed by atoms with van der Waals surface area (Å²) < 4.78 is 33.5. The van der Waals surface area contributed by atoms with Crippen LogP contribution in [0.2, 0.25) is 0 Å². The smallest absolute Gasteiger partial charge is 0.462 e. The maximum absolute atomic E-state index is 12.7. The molecule has 9 nitrogen and oxygen atoms in total. The zero-order valence-electron chi connectivity index (χ0n) is 38.2. The number of hydrogen-bond donors (Lipinski definition) is 1. The fraction of sp³-hybridized carbons (Fsp3) is 0.755. The highest BCUT2D eigenvalue weighted by molar-refractivity contribution is 7.47. The highest BCUT2D eigenvalue weighted by Crippen LogP contribution is 2.43. The summed E-state index contributed by atoms with van der Waals surface area (Å²) in [4.78, 5) is 37.1. The van der Waals surface area contributed by atoms with Crippen LogP contribution in [0.5, 0.6) is 0 Å². The van der Waals surface area contributed by atoms with Crippen LogP contribution in [-0.2, 0) is 32.7 Å². The first-order valence-electron chi connectivity index (χ1n) is 23.6. The van der Waals surface area contributed by atoms with Crippen LogP contribution in [0, 0.1) is 0 Å². The first-order chi connectivity index (χ1) is 28.7. The Morgan fingerprint density at radius 3 is 1.44 bits per heavy atom. The van der Waals surface area contributed by atoms with Gasteiger partial charge in [0, 0.05) is 19.4 Å². The van der Waals surface area contributed by atoms with Gasteiger partial charge in [-0.25, -0.2) is 4.57 Å². The molecule has 59 heavy (non-hydrogen) atoms. The number of carbonyl (C=O) groups is 2. The van der Waals surface area contributed by atoms with Crippen molar-refractivity contribution in [3.63, 3.8) is 0 Å². The van der Waals surface area contributed by atoms with Gasteiger partial charge < -0.3 is 19.3 Å². The number of phosphoric ester groups is 1. The molecule has 2 unspecified atom stereocenters. The molecule has 0 aromatic carbocycles. The third-order valence-electron chi connectivity index (χ3n) is 9.84. The van der Waals surface area contributed by atoms with E-state index in [-0.39, 0.29) is 32.0 Å². The molecule has 1 N–H and O–H groups in total. The summed E-state index contributed by atoms with van der Waals surface area (Å²) >= 11 is 0. The first kappa shape index (κ1) is 56.7. The molecule has 0 spiro atoms. The van der Waals surface area contributed by atoms with Gasteiger partial charge in [-0.1, -0.05) is 184 Å². The van der Waals surface area contributed by atoms with Gasteiger partial charge in [0.2, 0.25) is 0 Å². The van der Waals surface area contributed by atoms with Crippen LogP contribution in [0.3, 0.4) is 0 Å². The molecule has 10 heteroatoms. The van der Waals surface area contributed by atoms with Crippen LogP contribution in [0.4, 0.5) is 0 Å². The predicted octanol–water partition coefficient (Wildman–Crippen LogP) is 13.9. The number of hydrogen-bond acceptors (Lipinski definition) is 8. The second kappa shape index (κ2) is 43.8. The van der Waals surface area contributed by atoms with Crippen LogP contribution in [0.1, 0.15) is 194 Å². The number of likely N-dealkylation sites (N-methyl/N-ethyl adjacent to an activating group) is 1. The van der Waals surface area contributed by atoms with Crippen molar-refractivity contribution in [1.29, 1.82) is 0 Å². The van der Waals surface area contributed by atoms with E-state index < -0.39 is 26.5 Å². The van der Waals surface area contributed by atoms with Crippen LogP contribution >= 0.6 is 7.82 Å². The van der Waals surface area contributed by atoms with E-state index in [4.69, 9.17) is 18.5 Å². The molecular formula is C49H88NO8P. The molecule has 0 aliphatic carbocycles. The predicted molar refractivity (Wildman–Crippen MR) is 247 cm³/mol. The molecule has 0 radical (unpaired) electrons. The molecule has 0 fully saturated rings. The van der Waals surface area contributed by atoms with E-state index in [9.17, 15) is 19.0 Å². The van der Waals surface area contributed by atoms with Crippen molar-refractivity contribution in [1.82, 2.24) is 4.90 Å². The zero-order valence-corrected chi connectivity index (χ0v) is 39.1. The summed E-state index contributed by atoms with van der Waals surface area (Å²) in [5.74, 6) is -0.838. The average Bonchev–Trinajstić information content (AvgIpc) is 3.20. The van der Waals surface area contributed by atoms with Crippen molar-refractivity contribution in [2.45, 2.75) is 200 Å². The largest absolute Gasteiger partial charge is 0.472 e. The second-order valence-electron chi connectivity index (χ2n) is 15.9. The topological polar surface area (TPSA) is 112 Å². The van der Waals surface area contributed by atoms with Gasteiger partial charge in [-0.05, 0) is 71.9 Å². The summed E-state index contributed by atoms with van der Waals surface area (Å²) in [6, 6.07) is 0. The molecule has 0 rings (SSSR count). The van der Waals surface area contributed by atoms with Crippen LogP contribution < -0.4 is 0 Å². The highest BCUT2D eigenvalue weighted by atomic mass is 31.2. The van der Waals surface area contributed by atoms with Gasteiger partial charge in [0.15, 0.2) is 6.10 Å². The standard InChI is InChI=1S/C49H88NO8P/c1-5-7-9-11-13-15-17-19-21-23-24-26-28-30-32-34-36-38-40-42-49(52)58-47(46-57-59(53,54)56-44-43-50(3)4)45-55-48(51)41-39-37-35-33-31-29-27-25-22-20-18-16-14-12-10-8-6-2/h7,9,13,15,19,21,24,26,30,32,47H,5-6,8,10-12,14,16-18,20,22-23,25,27-29,31,33-46H2,1-4H3,(H,53,54)/b9-7-,15-13-,21-19-,26-24-,32-30-. The maximum atomic E-state index is 12.7. The van der Waals surface area contributed by atoms with Crippen LogP contribution in [0.15, 0.2) is 60.8 Å². The Balaban J connectivity index is 4.30. The molecule has 0 amide bonds. The molecule has 0 heterocycles. The molecular weight excluding hydrogens is 762 g/mol. The van der Waals surface area contributed by atoms with E-state index in [1.165, 1.54) is 89.9 Å². The van der Waals surface area contributed by atoms with E-state index in [0.29, 0.717) is 13.0 Å². The maximum Gasteiger partial charge on any atom is 0.472 e. The van der Waals surface area contributed by atoms with Crippen molar-refractivity contribution in [2.24, 2.45) is 0 Å². The summed E-state index contributed by atoms with van der Waals surface area (Å²) in [5.41, 5.74) is 0. The lowest BCUT2D eigenvalue weighted by Crippen LogP contribution is -2.29. The number of ether oxygens (including phenoxy) is 2. The normalized spacial score (nSPS) is 13.9. The van der Waals surface area contributed by atoms with E-state index in [2.05, 4.69) is 74.6 Å².